The van der Waals surface area contributed by atoms with Crippen molar-refractivity contribution in [2.45, 2.75) is 45.0 Å². The van der Waals surface area contributed by atoms with Crippen molar-refractivity contribution >= 4 is 23.3 Å². The van der Waals surface area contributed by atoms with Gasteiger partial charge in [0, 0.05) is 11.4 Å². The van der Waals surface area contributed by atoms with Crippen LogP contribution in [0, 0.1) is 6.92 Å². The molecule has 1 heterocycles. The van der Waals surface area contributed by atoms with Gasteiger partial charge in [-0.3, -0.25) is 0 Å². The number of carbonyl (C=O) groups is 1. The Hall–Kier alpha value is -2.37. The van der Waals surface area contributed by atoms with Crippen LogP contribution in [0.5, 0.6) is 0 Å². The molecule has 0 amide bonds. The van der Waals surface area contributed by atoms with Crippen molar-refractivity contribution < 1.29 is 19.5 Å². The molecule has 0 bridgehead atoms. The number of rotatable bonds is 7. The minimum absolute atomic E-state index is 0.181. The van der Waals surface area contributed by atoms with E-state index in [-0.39, 0.29) is 13.0 Å². The minimum atomic E-state index is -1.59. The highest BCUT2D eigenvalue weighted by molar-refractivity contribution is 6.30. The second kappa shape index (κ2) is 8.11. The molecule has 0 aromatic heterocycles. The van der Waals surface area contributed by atoms with Crippen LogP contribution in [0.2, 0.25) is 5.02 Å². The fourth-order valence-electron chi connectivity index (χ4n) is 3.07. The van der Waals surface area contributed by atoms with E-state index in [9.17, 15) is 9.90 Å². The monoisotopic (exact) mass is 387 g/mol. The molecule has 0 saturated carbocycles. The van der Waals surface area contributed by atoms with E-state index in [1.54, 1.807) is 24.3 Å². The summed E-state index contributed by atoms with van der Waals surface area (Å²) in [5, 5.41) is 14.5. The summed E-state index contributed by atoms with van der Waals surface area (Å²) in [6.45, 7) is 4.19. The number of hydrogen-bond donors (Lipinski definition) is 1. The van der Waals surface area contributed by atoms with Crippen LogP contribution in [-0.4, -0.2) is 22.4 Å². The molecule has 2 aromatic carbocycles. The molecule has 1 N–H and O–H groups in total. The third-order valence-electron chi connectivity index (χ3n) is 4.71. The lowest BCUT2D eigenvalue weighted by atomic mass is 9.86. The fraction of sp³-hybridized carbons (Fsp3) is 0.333. The Labute approximate surface area is 163 Å². The maximum absolute atomic E-state index is 12.2. The van der Waals surface area contributed by atoms with Crippen LogP contribution in [0.3, 0.4) is 0 Å². The Bertz CT molecular complexity index is 832. The first kappa shape index (κ1) is 19.4. The molecule has 142 valence electrons. The Morgan fingerprint density at radius 1 is 1.26 bits per heavy atom. The number of carboxylic acids is 1. The molecule has 2 aromatic rings. The molecule has 27 heavy (non-hydrogen) atoms. The van der Waals surface area contributed by atoms with Crippen LogP contribution in [0.4, 0.5) is 0 Å². The van der Waals surface area contributed by atoms with Gasteiger partial charge in [0.05, 0.1) is 12.3 Å². The Morgan fingerprint density at radius 3 is 2.48 bits per heavy atom. The predicted molar refractivity (Wildman–Crippen MR) is 104 cm³/mol. The molecule has 0 aliphatic carbocycles. The Balaban J connectivity index is 1.92. The van der Waals surface area contributed by atoms with E-state index >= 15 is 0 Å². The van der Waals surface area contributed by atoms with E-state index in [4.69, 9.17) is 21.2 Å². The first-order chi connectivity index (χ1) is 12.9. The predicted octanol–water partition coefficient (Wildman–Crippen LogP) is 4.92. The van der Waals surface area contributed by atoms with E-state index in [0.29, 0.717) is 22.7 Å². The van der Waals surface area contributed by atoms with Crippen LogP contribution in [0.25, 0.3) is 0 Å². The summed E-state index contributed by atoms with van der Waals surface area (Å²) in [5.74, 6) is -1.10. The third kappa shape index (κ3) is 4.15. The molecule has 1 aliphatic rings. The van der Waals surface area contributed by atoms with E-state index in [0.717, 1.165) is 11.1 Å². The van der Waals surface area contributed by atoms with Crippen LogP contribution >= 0.6 is 11.6 Å². The summed E-state index contributed by atoms with van der Waals surface area (Å²) in [6.07, 6.45) is -0.0262. The maximum Gasteiger partial charge on any atom is 0.354 e. The third-order valence-corrected chi connectivity index (χ3v) is 4.96. The van der Waals surface area contributed by atoms with Crippen molar-refractivity contribution in [3.05, 3.63) is 70.2 Å². The summed E-state index contributed by atoms with van der Waals surface area (Å²) in [7, 11) is 0. The van der Waals surface area contributed by atoms with E-state index in [1.807, 2.05) is 38.1 Å². The lowest BCUT2D eigenvalue weighted by Crippen LogP contribution is -2.46. The minimum Gasteiger partial charge on any atom is -0.478 e. The molecule has 2 atom stereocenters. The van der Waals surface area contributed by atoms with Crippen molar-refractivity contribution in [2.75, 3.05) is 0 Å². The van der Waals surface area contributed by atoms with Gasteiger partial charge in [-0.2, -0.15) is 0 Å². The quantitative estimate of drug-likeness (QED) is 0.732. The van der Waals surface area contributed by atoms with Gasteiger partial charge in [-0.1, -0.05) is 65.6 Å². The van der Waals surface area contributed by atoms with Gasteiger partial charge in [0.1, 0.15) is 6.10 Å². The summed E-state index contributed by atoms with van der Waals surface area (Å²) in [5.41, 5.74) is 1.89. The number of aliphatic carboxylic acids is 1. The summed E-state index contributed by atoms with van der Waals surface area (Å²) < 4.78 is 6.11. The average molecular weight is 388 g/mol. The SMILES string of the molecule is CCC1=NOC(C(=O)O)(C(OCc2ccc(C)cc2)c2ccc(Cl)cc2)C1. The zero-order valence-electron chi connectivity index (χ0n) is 15.3. The molecule has 2 unspecified atom stereocenters. The zero-order valence-corrected chi connectivity index (χ0v) is 16.1. The number of halogens is 1. The number of carboxylic acid groups (broad SMARTS) is 1. The second-order valence-electron chi connectivity index (χ2n) is 6.70. The number of ether oxygens (including phenoxy) is 1. The van der Waals surface area contributed by atoms with Crippen LogP contribution < -0.4 is 0 Å². The molecule has 0 spiro atoms. The lowest BCUT2D eigenvalue weighted by molar-refractivity contribution is -0.187. The highest BCUT2D eigenvalue weighted by atomic mass is 35.5. The van der Waals surface area contributed by atoms with E-state index in [2.05, 4.69) is 5.16 Å². The number of hydrogen-bond acceptors (Lipinski definition) is 4. The van der Waals surface area contributed by atoms with Crippen molar-refractivity contribution in [3.63, 3.8) is 0 Å². The van der Waals surface area contributed by atoms with Crippen LogP contribution in [-0.2, 0) is 21.0 Å². The Morgan fingerprint density at radius 2 is 1.93 bits per heavy atom. The second-order valence-corrected chi connectivity index (χ2v) is 7.14. The number of nitrogens with zero attached hydrogens (tertiary/aromatic N) is 1. The molecule has 6 heteroatoms. The van der Waals surface area contributed by atoms with Gasteiger partial charge in [-0.25, -0.2) is 4.79 Å². The smallest absolute Gasteiger partial charge is 0.354 e. The molecule has 0 saturated heterocycles. The number of oxime groups is 1. The highest BCUT2D eigenvalue weighted by Gasteiger charge is 2.54. The van der Waals surface area contributed by atoms with Gasteiger partial charge in [-0.15, -0.1) is 0 Å². The molecule has 5 nitrogen and oxygen atoms in total. The highest BCUT2D eigenvalue weighted by Crippen LogP contribution is 2.41. The largest absolute Gasteiger partial charge is 0.478 e. The summed E-state index contributed by atoms with van der Waals surface area (Å²) in [6, 6.07) is 14.9. The first-order valence-electron chi connectivity index (χ1n) is 8.84. The lowest BCUT2D eigenvalue weighted by Gasteiger charge is -2.31. The van der Waals surface area contributed by atoms with Gasteiger partial charge in [-0.05, 0) is 36.6 Å². The number of aryl methyl sites for hydroxylation is 1. The van der Waals surface area contributed by atoms with Gasteiger partial charge in [0.2, 0.25) is 0 Å². The first-order valence-corrected chi connectivity index (χ1v) is 9.22. The van der Waals surface area contributed by atoms with Gasteiger partial charge >= 0.3 is 5.97 Å². The normalized spacial score (nSPS) is 20.0. The zero-order chi connectivity index (χ0) is 19.4. The van der Waals surface area contributed by atoms with Crippen LogP contribution in [0.1, 0.15) is 42.6 Å². The molecular weight excluding hydrogens is 366 g/mol. The summed E-state index contributed by atoms with van der Waals surface area (Å²) in [4.78, 5) is 17.7. The molecule has 0 radical (unpaired) electrons. The van der Waals surface area contributed by atoms with Gasteiger partial charge in [0.15, 0.2) is 0 Å². The van der Waals surface area contributed by atoms with Crippen LogP contribution in [0.15, 0.2) is 53.7 Å². The average Bonchev–Trinajstić information content (AvgIpc) is 3.10. The molecule has 3 rings (SSSR count). The van der Waals surface area contributed by atoms with Crippen molar-refractivity contribution in [3.8, 4) is 0 Å². The van der Waals surface area contributed by atoms with Crippen molar-refractivity contribution in [2.24, 2.45) is 5.16 Å². The van der Waals surface area contributed by atoms with Gasteiger partial charge in [0.25, 0.3) is 5.60 Å². The van der Waals surface area contributed by atoms with Crippen molar-refractivity contribution in [1.29, 1.82) is 0 Å². The van der Waals surface area contributed by atoms with Crippen molar-refractivity contribution in [1.82, 2.24) is 0 Å². The summed E-state index contributed by atoms with van der Waals surface area (Å²) >= 11 is 6.00. The standard InChI is InChI=1S/C21H22ClNO4/c1-3-18-12-21(20(24)25,27-23-18)19(16-8-10-17(22)11-9-16)26-13-15-6-4-14(2)5-7-15/h4-11,19H,3,12-13H2,1-2H3,(H,24,25). The molecule has 1 aliphatic heterocycles. The molecular formula is C21H22ClNO4. The fourth-order valence-corrected chi connectivity index (χ4v) is 3.20. The topological polar surface area (TPSA) is 68.1 Å². The molecule has 0 fully saturated rings. The maximum atomic E-state index is 12.2. The van der Waals surface area contributed by atoms with E-state index in [1.165, 1.54) is 0 Å². The Kier molecular flexibility index (Phi) is 5.82. The van der Waals surface area contributed by atoms with Gasteiger partial charge < -0.3 is 14.7 Å². The number of benzene rings is 2. The van der Waals surface area contributed by atoms with E-state index < -0.39 is 17.7 Å².